The molecule has 1 aromatic heterocycles. The summed E-state index contributed by atoms with van der Waals surface area (Å²) >= 11 is 0. The van der Waals surface area contributed by atoms with Crippen LogP contribution in [0.15, 0.2) is 12.4 Å². The molecular weight excluding hydrogens is 228 g/mol. The summed E-state index contributed by atoms with van der Waals surface area (Å²) in [6, 6.07) is 0.582. The van der Waals surface area contributed by atoms with Crippen LogP contribution in [0.5, 0.6) is 5.75 Å². The van der Waals surface area contributed by atoms with Crippen molar-refractivity contribution < 1.29 is 9.47 Å². The molecule has 4 heteroatoms. The van der Waals surface area contributed by atoms with E-state index < -0.39 is 0 Å². The molecule has 1 aliphatic heterocycles. The van der Waals surface area contributed by atoms with E-state index in [0.717, 1.165) is 25.2 Å². The Labute approximate surface area is 108 Å². The smallest absolute Gasteiger partial charge is 0.157 e. The quantitative estimate of drug-likeness (QED) is 0.827. The average molecular weight is 250 g/mol. The van der Waals surface area contributed by atoms with E-state index in [1.165, 1.54) is 32.1 Å². The zero-order chi connectivity index (χ0) is 12.2. The van der Waals surface area contributed by atoms with Gasteiger partial charge in [-0.3, -0.25) is 4.68 Å². The van der Waals surface area contributed by atoms with Crippen molar-refractivity contribution in [1.29, 1.82) is 0 Å². The summed E-state index contributed by atoms with van der Waals surface area (Å²) in [6.45, 7) is 1.59. The molecule has 3 rings (SSSR count). The maximum Gasteiger partial charge on any atom is 0.157 e. The molecule has 1 unspecified atom stereocenters. The minimum absolute atomic E-state index is 0.211. The maximum atomic E-state index is 5.92. The van der Waals surface area contributed by atoms with Crippen molar-refractivity contribution in [3.63, 3.8) is 0 Å². The molecule has 1 aliphatic carbocycles. The highest BCUT2D eigenvalue weighted by atomic mass is 16.5. The third-order valence-corrected chi connectivity index (χ3v) is 3.95. The highest BCUT2D eigenvalue weighted by Gasteiger charge is 2.19. The second-order valence-electron chi connectivity index (χ2n) is 5.40. The lowest BCUT2D eigenvalue weighted by molar-refractivity contribution is 0.00736. The number of ether oxygens (including phenoxy) is 2. The lowest BCUT2D eigenvalue weighted by Gasteiger charge is -2.23. The fourth-order valence-corrected chi connectivity index (χ4v) is 2.92. The Morgan fingerprint density at radius 2 is 2.06 bits per heavy atom. The zero-order valence-electron chi connectivity index (χ0n) is 10.9. The molecule has 0 amide bonds. The van der Waals surface area contributed by atoms with Crippen LogP contribution in [0.4, 0.5) is 0 Å². The molecule has 18 heavy (non-hydrogen) atoms. The Morgan fingerprint density at radius 3 is 2.83 bits per heavy atom. The van der Waals surface area contributed by atoms with Gasteiger partial charge in [-0.05, 0) is 25.7 Å². The monoisotopic (exact) mass is 250 g/mol. The van der Waals surface area contributed by atoms with Gasteiger partial charge in [0.25, 0.3) is 0 Å². The van der Waals surface area contributed by atoms with E-state index in [4.69, 9.17) is 9.47 Å². The molecule has 2 aliphatic rings. The molecule has 4 nitrogen and oxygen atoms in total. The van der Waals surface area contributed by atoms with E-state index >= 15 is 0 Å². The Hall–Kier alpha value is -1.03. The molecule has 0 aromatic carbocycles. The van der Waals surface area contributed by atoms with Crippen molar-refractivity contribution in [2.45, 2.75) is 57.1 Å². The van der Waals surface area contributed by atoms with E-state index in [2.05, 4.69) is 16.0 Å². The van der Waals surface area contributed by atoms with Crippen LogP contribution in [0.25, 0.3) is 0 Å². The first-order valence-electron chi connectivity index (χ1n) is 7.20. The summed E-state index contributed by atoms with van der Waals surface area (Å²) < 4.78 is 13.4. The van der Waals surface area contributed by atoms with Crippen LogP contribution in [0, 0.1) is 0 Å². The van der Waals surface area contributed by atoms with Crippen LogP contribution in [0.3, 0.4) is 0 Å². The van der Waals surface area contributed by atoms with Crippen molar-refractivity contribution in [3.05, 3.63) is 12.4 Å². The number of hydrogen-bond donors (Lipinski definition) is 0. The zero-order valence-corrected chi connectivity index (χ0v) is 10.9. The summed E-state index contributed by atoms with van der Waals surface area (Å²) in [5.41, 5.74) is 0. The average Bonchev–Trinajstić information content (AvgIpc) is 2.89. The van der Waals surface area contributed by atoms with E-state index in [1.54, 1.807) is 0 Å². The van der Waals surface area contributed by atoms with E-state index in [9.17, 15) is 0 Å². The van der Waals surface area contributed by atoms with Gasteiger partial charge in [-0.15, -0.1) is 0 Å². The van der Waals surface area contributed by atoms with Gasteiger partial charge >= 0.3 is 0 Å². The summed E-state index contributed by atoms with van der Waals surface area (Å²) in [4.78, 5) is 0. The first kappa shape index (κ1) is 12.0. The molecule has 1 saturated heterocycles. The van der Waals surface area contributed by atoms with Crippen molar-refractivity contribution in [2.24, 2.45) is 0 Å². The Kier molecular flexibility index (Phi) is 3.84. The van der Waals surface area contributed by atoms with Gasteiger partial charge in [-0.25, -0.2) is 0 Å². The Morgan fingerprint density at radius 1 is 1.17 bits per heavy atom. The van der Waals surface area contributed by atoms with Crippen LogP contribution in [-0.2, 0) is 4.74 Å². The van der Waals surface area contributed by atoms with Crippen LogP contribution in [0.2, 0.25) is 0 Å². The van der Waals surface area contributed by atoms with Crippen LogP contribution < -0.4 is 4.74 Å². The van der Waals surface area contributed by atoms with Gasteiger partial charge < -0.3 is 9.47 Å². The van der Waals surface area contributed by atoms with E-state index in [1.807, 2.05) is 6.20 Å². The molecule has 1 atom stereocenters. The lowest BCUT2D eigenvalue weighted by Crippen LogP contribution is -2.27. The van der Waals surface area contributed by atoms with Gasteiger partial charge in [-0.2, -0.15) is 5.10 Å². The largest absolute Gasteiger partial charge is 0.485 e. The second-order valence-corrected chi connectivity index (χ2v) is 5.40. The van der Waals surface area contributed by atoms with Crippen molar-refractivity contribution in [3.8, 4) is 5.75 Å². The van der Waals surface area contributed by atoms with Crippen molar-refractivity contribution in [2.75, 3.05) is 13.2 Å². The van der Waals surface area contributed by atoms with Gasteiger partial charge in [0.2, 0.25) is 0 Å². The minimum Gasteiger partial charge on any atom is -0.485 e. The predicted molar refractivity (Wildman–Crippen MR) is 68.8 cm³/mol. The SMILES string of the molecule is c1nn(C2CCCCC2)cc1OC1CCCOC1. The standard InChI is InChI=1S/C14H22N2O2/c1-2-5-12(6-3-1)16-10-14(9-15-16)18-13-7-4-8-17-11-13/h9-10,12-13H,1-8,11H2. The first-order valence-corrected chi connectivity index (χ1v) is 7.20. The van der Waals surface area contributed by atoms with Crippen molar-refractivity contribution >= 4 is 0 Å². The van der Waals surface area contributed by atoms with E-state index in [0.29, 0.717) is 12.6 Å². The van der Waals surface area contributed by atoms with Crippen LogP contribution >= 0.6 is 0 Å². The fraction of sp³-hybridized carbons (Fsp3) is 0.786. The van der Waals surface area contributed by atoms with Crippen LogP contribution in [-0.4, -0.2) is 29.1 Å². The molecule has 0 N–H and O–H groups in total. The molecule has 1 saturated carbocycles. The normalized spacial score (nSPS) is 26.1. The summed E-state index contributed by atoms with van der Waals surface area (Å²) in [5.74, 6) is 0.899. The van der Waals surface area contributed by atoms with Crippen LogP contribution in [0.1, 0.15) is 51.0 Å². The molecule has 100 valence electrons. The number of rotatable bonds is 3. The number of nitrogens with zero attached hydrogens (tertiary/aromatic N) is 2. The lowest BCUT2D eigenvalue weighted by atomic mass is 9.96. The van der Waals surface area contributed by atoms with Crippen molar-refractivity contribution in [1.82, 2.24) is 9.78 Å². The van der Waals surface area contributed by atoms with Gasteiger partial charge in [0, 0.05) is 6.61 Å². The third kappa shape index (κ3) is 2.86. The predicted octanol–water partition coefficient (Wildman–Crippen LogP) is 2.95. The Balaban J connectivity index is 1.58. The van der Waals surface area contributed by atoms with Gasteiger partial charge in [0.05, 0.1) is 25.0 Å². The highest BCUT2D eigenvalue weighted by Crippen LogP contribution is 2.28. The molecule has 0 spiro atoms. The number of aromatic nitrogens is 2. The maximum absolute atomic E-state index is 5.92. The fourth-order valence-electron chi connectivity index (χ4n) is 2.92. The summed E-state index contributed by atoms with van der Waals surface area (Å²) in [7, 11) is 0. The highest BCUT2D eigenvalue weighted by molar-refractivity contribution is 5.13. The molecule has 1 aromatic rings. The molecule has 0 radical (unpaired) electrons. The second kappa shape index (κ2) is 5.74. The molecule has 2 fully saturated rings. The first-order chi connectivity index (χ1) is 8.92. The Bertz CT molecular complexity index is 366. The summed E-state index contributed by atoms with van der Waals surface area (Å²) in [6.07, 6.45) is 12.9. The van der Waals surface area contributed by atoms with Gasteiger partial charge in [-0.1, -0.05) is 19.3 Å². The topological polar surface area (TPSA) is 36.3 Å². The molecule has 0 bridgehead atoms. The molecule has 2 heterocycles. The number of hydrogen-bond acceptors (Lipinski definition) is 3. The summed E-state index contributed by atoms with van der Waals surface area (Å²) in [5, 5.41) is 4.46. The minimum atomic E-state index is 0.211. The van der Waals surface area contributed by atoms with Gasteiger partial charge in [0.1, 0.15) is 6.10 Å². The molecular formula is C14H22N2O2. The third-order valence-electron chi connectivity index (χ3n) is 3.95. The van der Waals surface area contributed by atoms with E-state index in [-0.39, 0.29) is 6.10 Å². The van der Waals surface area contributed by atoms with Gasteiger partial charge in [0.15, 0.2) is 5.75 Å².